The van der Waals surface area contributed by atoms with Gasteiger partial charge in [0.15, 0.2) is 12.4 Å². The van der Waals surface area contributed by atoms with Crippen LogP contribution in [0.1, 0.15) is 56.7 Å². The van der Waals surface area contributed by atoms with Gasteiger partial charge in [-0.1, -0.05) is 12.1 Å². The number of benzene rings is 2. The number of amides is 1. The van der Waals surface area contributed by atoms with Crippen LogP contribution < -0.4 is 5.32 Å². The van der Waals surface area contributed by atoms with Gasteiger partial charge in [0.2, 0.25) is 5.91 Å². The molecular formula is C22H21NO4. The summed E-state index contributed by atoms with van der Waals surface area (Å²) in [6, 6.07) is 10.8. The summed E-state index contributed by atoms with van der Waals surface area (Å²) in [6.45, 7) is -0.272. The summed E-state index contributed by atoms with van der Waals surface area (Å²) in [4.78, 5) is 36.1. The van der Waals surface area contributed by atoms with Crippen LogP contribution >= 0.6 is 0 Å². The van der Waals surface area contributed by atoms with Gasteiger partial charge in [-0.3, -0.25) is 9.59 Å². The van der Waals surface area contributed by atoms with Crippen molar-refractivity contribution in [3.8, 4) is 0 Å². The zero-order valence-electron chi connectivity index (χ0n) is 15.0. The summed E-state index contributed by atoms with van der Waals surface area (Å²) in [5.74, 6) is -0.739. The largest absolute Gasteiger partial charge is 0.454 e. The molecule has 5 nitrogen and oxygen atoms in total. The number of esters is 1. The number of ketones is 1. The van der Waals surface area contributed by atoms with Crippen LogP contribution in [0.25, 0.3) is 0 Å². The van der Waals surface area contributed by atoms with E-state index in [1.165, 1.54) is 17.5 Å². The van der Waals surface area contributed by atoms with Crippen molar-refractivity contribution in [3.05, 3.63) is 64.2 Å². The average Bonchev–Trinajstić information content (AvgIpc) is 2.71. The Balaban J connectivity index is 1.40. The molecule has 27 heavy (non-hydrogen) atoms. The van der Waals surface area contributed by atoms with Gasteiger partial charge >= 0.3 is 5.97 Å². The van der Waals surface area contributed by atoms with Crippen molar-refractivity contribution in [2.45, 2.75) is 38.5 Å². The topological polar surface area (TPSA) is 72.5 Å². The second kappa shape index (κ2) is 7.35. The Labute approximate surface area is 157 Å². The number of carbonyl (C=O) groups excluding carboxylic acids is 3. The monoisotopic (exact) mass is 363 g/mol. The Hall–Kier alpha value is -2.95. The van der Waals surface area contributed by atoms with Crippen molar-refractivity contribution in [1.82, 2.24) is 0 Å². The molecule has 1 aliphatic heterocycles. The standard InChI is InChI=1S/C22H21NO4/c24-20(17-6-5-14-3-1-2-4-15(14)11-17)13-27-22(26)18-7-9-19-16(12-18)8-10-21(25)23-19/h5-7,9,11-12H,1-4,8,10,13H2,(H,23,25). The zero-order chi connectivity index (χ0) is 18.8. The summed E-state index contributed by atoms with van der Waals surface area (Å²) >= 11 is 0. The van der Waals surface area contributed by atoms with E-state index in [2.05, 4.69) is 5.32 Å². The highest BCUT2D eigenvalue weighted by Crippen LogP contribution is 2.24. The molecule has 2 aromatic rings. The number of rotatable bonds is 4. The minimum atomic E-state index is -0.527. The lowest BCUT2D eigenvalue weighted by molar-refractivity contribution is -0.116. The fourth-order valence-corrected chi connectivity index (χ4v) is 3.72. The van der Waals surface area contributed by atoms with Crippen LogP contribution in [0.3, 0.4) is 0 Å². The van der Waals surface area contributed by atoms with Crippen molar-refractivity contribution < 1.29 is 19.1 Å². The van der Waals surface area contributed by atoms with Crippen LogP contribution in [-0.4, -0.2) is 24.3 Å². The Bertz CT molecular complexity index is 932. The Morgan fingerprint density at radius 3 is 2.44 bits per heavy atom. The lowest BCUT2D eigenvalue weighted by atomic mass is 9.90. The summed E-state index contributed by atoms with van der Waals surface area (Å²) in [6.07, 6.45) is 5.42. The number of Topliss-reactive ketones (excluding diaryl/α,β-unsaturated/α-hetero) is 1. The van der Waals surface area contributed by atoms with Gasteiger partial charge in [0.05, 0.1) is 5.56 Å². The molecule has 0 aromatic heterocycles. The highest BCUT2D eigenvalue weighted by atomic mass is 16.5. The van der Waals surface area contributed by atoms with E-state index in [-0.39, 0.29) is 18.3 Å². The third-order valence-corrected chi connectivity index (χ3v) is 5.24. The number of nitrogens with one attached hydrogen (secondary N) is 1. The van der Waals surface area contributed by atoms with Gasteiger partial charge in [0.25, 0.3) is 0 Å². The first-order valence-corrected chi connectivity index (χ1v) is 9.35. The zero-order valence-corrected chi connectivity index (χ0v) is 15.0. The first-order valence-electron chi connectivity index (χ1n) is 9.35. The second-order valence-electron chi connectivity index (χ2n) is 7.11. The molecule has 0 radical (unpaired) electrons. The summed E-state index contributed by atoms with van der Waals surface area (Å²) in [5.41, 5.74) is 5.17. The van der Waals surface area contributed by atoms with E-state index in [1.54, 1.807) is 18.2 Å². The smallest absolute Gasteiger partial charge is 0.338 e. The van der Waals surface area contributed by atoms with E-state index in [4.69, 9.17) is 4.74 Å². The first kappa shape index (κ1) is 17.5. The van der Waals surface area contributed by atoms with Crippen molar-refractivity contribution in [2.24, 2.45) is 0 Å². The van der Waals surface area contributed by atoms with Crippen LogP contribution in [0.15, 0.2) is 36.4 Å². The maximum atomic E-state index is 12.4. The third kappa shape index (κ3) is 3.77. The van der Waals surface area contributed by atoms with Gasteiger partial charge in [0, 0.05) is 17.7 Å². The van der Waals surface area contributed by atoms with Crippen molar-refractivity contribution in [3.63, 3.8) is 0 Å². The molecule has 0 saturated carbocycles. The number of hydrogen-bond donors (Lipinski definition) is 1. The molecule has 2 aromatic carbocycles. The summed E-state index contributed by atoms with van der Waals surface area (Å²) in [7, 11) is 0. The molecule has 1 amide bonds. The predicted octanol–water partition coefficient (Wildman–Crippen LogP) is 3.49. The SMILES string of the molecule is O=C1CCc2cc(C(=O)OCC(=O)c3ccc4c(c3)CCCC4)ccc2N1. The van der Waals surface area contributed by atoms with E-state index in [1.807, 2.05) is 18.2 Å². The average molecular weight is 363 g/mol. The first-order chi connectivity index (χ1) is 13.1. The predicted molar refractivity (Wildman–Crippen MR) is 101 cm³/mol. The number of anilines is 1. The number of carbonyl (C=O) groups is 3. The fraction of sp³-hybridized carbons (Fsp3) is 0.318. The quantitative estimate of drug-likeness (QED) is 0.667. The molecule has 1 aliphatic carbocycles. The Morgan fingerprint density at radius 1 is 0.852 bits per heavy atom. The van der Waals surface area contributed by atoms with Gasteiger partial charge in [0.1, 0.15) is 0 Å². The molecule has 0 bridgehead atoms. The van der Waals surface area contributed by atoms with E-state index in [9.17, 15) is 14.4 Å². The van der Waals surface area contributed by atoms with E-state index >= 15 is 0 Å². The van der Waals surface area contributed by atoms with Crippen LogP contribution in [0.2, 0.25) is 0 Å². The lowest BCUT2D eigenvalue weighted by Gasteiger charge is -2.17. The fourth-order valence-electron chi connectivity index (χ4n) is 3.72. The molecular weight excluding hydrogens is 342 g/mol. The maximum absolute atomic E-state index is 12.4. The Kier molecular flexibility index (Phi) is 4.75. The van der Waals surface area contributed by atoms with Crippen molar-refractivity contribution >= 4 is 23.3 Å². The third-order valence-electron chi connectivity index (χ3n) is 5.24. The van der Waals surface area contributed by atoms with E-state index < -0.39 is 5.97 Å². The highest BCUT2D eigenvalue weighted by Gasteiger charge is 2.19. The molecule has 0 unspecified atom stereocenters. The molecule has 5 heteroatoms. The van der Waals surface area contributed by atoms with Crippen LogP contribution in [0, 0.1) is 0 Å². The minimum absolute atomic E-state index is 0.0199. The van der Waals surface area contributed by atoms with E-state index in [0.29, 0.717) is 24.0 Å². The van der Waals surface area contributed by atoms with E-state index in [0.717, 1.165) is 30.5 Å². The molecule has 0 atom stereocenters. The molecule has 2 aliphatic rings. The number of hydrogen-bond acceptors (Lipinski definition) is 4. The van der Waals surface area contributed by atoms with Crippen LogP contribution in [-0.2, 0) is 28.8 Å². The van der Waals surface area contributed by atoms with Gasteiger partial charge in [-0.2, -0.15) is 0 Å². The number of aryl methyl sites for hydroxylation is 3. The van der Waals surface area contributed by atoms with Crippen LogP contribution in [0.4, 0.5) is 5.69 Å². The molecule has 4 rings (SSSR count). The molecule has 138 valence electrons. The lowest BCUT2D eigenvalue weighted by Crippen LogP contribution is -2.20. The number of ether oxygens (including phenoxy) is 1. The van der Waals surface area contributed by atoms with Gasteiger partial charge < -0.3 is 10.1 Å². The number of fused-ring (bicyclic) bond motifs is 2. The molecule has 1 N–H and O–H groups in total. The highest BCUT2D eigenvalue weighted by molar-refractivity contribution is 6.00. The van der Waals surface area contributed by atoms with Gasteiger partial charge in [-0.05, 0) is 73.1 Å². The minimum Gasteiger partial charge on any atom is -0.454 e. The summed E-state index contributed by atoms with van der Waals surface area (Å²) < 4.78 is 5.22. The summed E-state index contributed by atoms with van der Waals surface area (Å²) in [5, 5.41) is 2.78. The molecule has 1 heterocycles. The molecule has 0 fully saturated rings. The normalized spacial score (nSPS) is 15.3. The second-order valence-corrected chi connectivity index (χ2v) is 7.11. The molecule has 0 spiro atoms. The van der Waals surface area contributed by atoms with Gasteiger partial charge in [-0.15, -0.1) is 0 Å². The van der Waals surface area contributed by atoms with Crippen molar-refractivity contribution in [2.75, 3.05) is 11.9 Å². The molecule has 0 saturated heterocycles. The van der Waals surface area contributed by atoms with Crippen LogP contribution in [0.5, 0.6) is 0 Å². The Morgan fingerprint density at radius 2 is 1.59 bits per heavy atom. The van der Waals surface area contributed by atoms with Gasteiger partial charge in [-0.25, -0.2) is 4.79 Å². The van der Waals surface area contributed by atoms with Crippen molar-refractivity contribution in [1.29, 1.82) is 0 Å². The maximum Gasteiger partial charge on any atom is 0.338 e.